The van der Waals surface area contributed by atoms with E-state index in [2.05, 4.69) is 29.0 Å². The topological polar surface area (TPSA) is 66.8 Å². The number of piperidine rings is 1. The summed E-state index contributed by atoms with van der Waals surface area (Å²) in [6.07, 6.45) is 5.08. The Balaban J connectivity index is 1.96. The molecular formula is C17H25N5O. The van der Waals surface area contributed by atoms with E-state index in [-0.39, 0.29) is 5.56 Å². The van der Waals surface area contributed by atoms with E-state index < -0.39 is 0 Å². The summed E-state index contributed by atoms with van der Waals surface area (Å²) in [5.41, 5.74) is 2.79. The lowest BCUT2D eigenvalue weighted by atomic mass is 9.95. The second kappa shape index (κ2) is 6.66. The molecular weight excluding hydrogens is 290 g/mol. The first-order chi connectivity index (χ1) is 11.1. The highest BCUT2D eigenvalue weighted by Crippen LogP contribution is 2.26. The molecule has 0 unspecified atom stereocenters. The zero-order chi connectivity index (χ0) is 16.4. The van der Waals surface area contributed by atoms with E-state index in [1.807, 2.05) is 11.6 Å². The molecule has 6 heteroatoms. The fraction of sp³-hybridized carbons (Fsp3) is 0.588. The van der Waals surface area contributed by atoms with Gasteiger partial charge in [-0.05, 0) is 39.8 Å². The van der Waals surface area contributed by atoms with Gasteiger partial charge in [0.05, 0.1) is 17.5 Å². The van der Waals surface area contributed by atoms with Crippen LogP contribution in [0.2, 0.25) is 0 Å². The normalized spacial score (nSPS) is 19.2. The van der Waals surface area contributed by atoms with Gasteiger partial charge in [-0.15, -0.1) is 0 Å². The highest BCUT2D eigenvalue weighted by Gasteiger charge is 2.22. The molecule has 2 aromatic rings. The van der Waals surface area contributed by atoms with Crippen molar-refractivity contribution in [2.45, 2.75) is 45.6 Å². The molecule has 0 aliphatic carbocycles. The molecule has 0 radical (unpaired) electrons. The summed E-state index contributed by atoms with van der Waals surface area (Å²) in [6.45, 7) is 7.11. The number of aromatic amines is 1. The minimum atomic E-state index is -0.0825. The van der Waals surface area contributed by atoms with E-state index in [1.54, 1.807) is 12.3 Å². The Hall–Kier alpha value is -1.95. The summed E-state index contributed by atoms with van der Waals surface area (Å²) in [7, 11) is 2.12. The Kier molecular flexibility index (Phi) is 4.61. The molecule has 0 saturated carbocycles. The van der Waals surface area contributed by atoms with Crippen molar-refractivity contribution in [2.75, 3.05) is 20.1 Å². The van der Waals surface area contributed by atoms with Crippen molar-refractivity contribution < 1.29 is 0 Å². The van der Waals surface area contributed by atoms with Crippen LogP contribution in [-0.4, -0.2) is 44.8 Å². The second-order valence-corrected chi connectivity index (χ2v) is 6.49. The van der Waals surface area contributed by atoms with Gasteiger partial charge < -0.3 is 9.88 Å². The van der Waals surface area contributed by atoms with Gasteiger partial charge in [0.25, 0.3) is 5.56 Å². The van der Waals surface area contributed by atoms with E-state index in [0.717, 1.165) is 55.8 Å². The van der Waals surface area contributed by atoms with Gasteiger partial charge in [0.2, 0.25) is 0 Å². The number of nitrogens with zero attached hydrogens (tertiary/aromatic N) is 4. The number of aryl methyl sites for hydroxylation is 1. The lowest BCUT2D eigenvalue weighted by molar-refractivity contribution is 0.248. The lowest BCUT2D eigenvalue weighted by Gasteiger charge is -2.29. The molecule has 23 heavy (non-hydrogen) atoms. The molecule has 1 saturated heterocycles. The third-order valence-electron chi connectivity index (χ3n) is 4.60. The minimum Gasteiger partial charge on any atom is -0.306 e. The first-order valence-corrected chi connectivity index (χ1v) is 8.41. The zero-order valence-electron chi connectivity index (χ0n) is 14.2. The number of hydrogen-bond donors (Lipinski definition) is 1. The van der Waals surface area contributed by atoms with Crippen LogP contribution < -0.4 is 5.56 Å². The number of H-pyrrole nitrogens is 1. The lowest BCUT2D eigenvalue weighted by Crippen LogP contribution is -2.31. The van der Waals surface area contributed by atoms with Gasteiger partial charge in [0, 0.05) is 30.8 Å². The van der Waals surface area contributed by atoms with Crippen molar-refractivity contribution in [1.82, 2.24) is 24.6 Å². The van der Waals surface area contributed by atoms with Crippen LogP contribution in [0.15, 0.2) is 17.1 Å². The molecule has 3 rings (SSSR count). The Labute approximate surface area is 136 Å². The number of aromatic nitrogens is 4. The van der Waals surface area contributed by atoms with Gasteiger partial charge in [-0.25, -0.2) is 4.98 Å². The first-order valence-electron chi connectivity index (χ1n) is 8.41. The summed E-state index contributed by atoms with van der Waals surface area (Å²) in [5, 5.41) is 4.41. The van der Waals surface area contributed by atoms with E-state index in [0.29, 0.717) is 11.7 Å². The van der Waals surface area contributed by atoms with Gasteiger partial charge >= 0.3 is 0 Å². The van der Waals surface area contributed by atoms with Crippen LogP contribution in [0.4, 0.5) is 0 Å². The number of nitrogens with one attached hydrogen (secondary N) is 1. The van der Waals surface area contributed by atoms with Gasteiger partial charge in [-0.1, -0.05) is 6.92 Å². The molecule has 3 heterocycles. The summed E-state index contributed by atoms with van der Waals surface area (Å²) >= 11 is 0. The summed E-state index contributed by atoms with van der Waals surface area (Å²) in [5.74, 6) is 0.973. The number of likely N-dealkylation sites (N-methyl/N-ethyl adjacent to an activating group) is 1. The Morgan fingerprint density at radius 1 is 1.43 bits per heavy atom. The predicted molar refractivity (Wildman–Crippen MR) is 90.6 cm³/mol. The third kappa shape index (κ3) is 3.37. The van der Waals surface area contributed by atoms with Crippen molar-refractivity contribution in [3.05, 3.63) is 34.0 Å². The zero-order valence-corrected chi connectivity index (χ0v) is 14.2. The van der Waals surface area contributed by atoms with E-state index in [9.17, 15) is 4.79 Å². The largest absolute Gasteiger partial charge is 0.306 e. The molecule has 0 aromatic carbocycles. The molecule has 0 amide bonds. The van der Waals surface area contributed by atoms with Crippen LogP contribution in [0.25, 0.3) is 11.4 Å². The van der Waals surface area contributed by atoms with Crippen molar-refractivity contribution >= 4 is 0 Å². The number of hydrogen-bond acceptors (Lipinski definition) is 4. The molecule has 2 aromatic heterocycles. The third-order valence-corrected chi connectivity index (χ3v) is 4.60. The average Bonchev–Trinajstić information content (AvgIpc) is 2.88. The van der Waals surface area contributed by atoms with Crippen molar-refractivity contribution in [1.29, 1.82) is 0 Å². The van der Waals surface area contributed by atoms with E-state index in [1.165, 1.54) is 0 Å². The fourth-order valence-corrected chi connectivity index (χ4v) is 3.34. The van der Waals surface area contributed by atoms with Crippen LogP contribution in [-0.2, 0) is 6.54 Å². The van der Waals surface area contributed by atoms with Crippen LogP contribution in [0.1, 0.15) is 43.5 Å². The number of likely N-dealkylation sites (tertiary alicyclic amines) is 1. The summed E-state index contributed by atoms with van der Waals surface area (Å²) in [6, 6.07) is 1.65. The van der Waals surface area contributed by atoms with Crippen LogP contribution in [0.3, 0.4) is 0 Å². The maximum absolute atomic E-state index is 12.1. The Morgan fingerprint density at radius 2 is 2.26 bits per heavy atom. The summed E-state index contributed by atoms with van der Waals surface area (Å²) in [4.78, 5) is 22.1. The Bertz CT molecular complexity index is 733. The maximum Gasteiger partial charge on any atom is 0.251 e. The quantitative estimate of drug-likeness (QED) is 0.939. The molecule has 0 spiro atoms. The summed E-state index contributed by atoms with van der Waals surface area (Å²) < 4.78 is 1.97. The molecule has 1 atom stereocenters. The predicted octanol–water partition coefficient (Wildman–Crippen LogP) is 2.16. The van der Waals surface area contributed by atoms with Crippen molar-refractivity contribution in [3.8, 4) is 11.4 Å². The van der Waals surface area contributed by atoms with E-state index in [4.69, 9.17) is 4.98 Å². The molecule has 0 bridgehead atoms. The van der Waals surface area contributed by atoms with Crippen LogP contribution in [0, 0.1) is 6.92 Å². The first kappa shape index (κ1) is 15.9. The second-order valence-electron chi connectivity index (χ2n) is 6.49. The van der Waals surface area contributed by atoms with Gasteiger partial charge in [0.15, 0.2) is 0 Å². The standard InChI is InChI=1S/C17H25N5O/c1-4-7-22-12(2)14(10-18-22)17-19-15(9-16(23)20-17)13-6-5-8-21(3)11-13/h9-10,13H,4-8,11H2,1-3H3,(H,19,20,23)/t13-/m0/s1. The highest BCUT2D eigenvalue weighted by atomic mass is 16.1. The minimum absolute atomic E-state index is 0.0825. The fourth-order valence-electron chi connectivity index (χ4n) is 3.34. The molecule has 1 N–H and O–H groups in total. The molecule has 124 valence electrons. The molecule has 1 aliphatic heterocycles. The molecule has 1 aliphatic rings. The van der Waals surface area contributed by atoms with Gasteiger partial charge in [-0.2, -0.15) is 5.10 Å². The van der Waals surface area contributed by atoms with Crippen LogP contribution >= 0.6 is 0 Å². The SMILES string of the molecule is CCCn1ncc(-c2nc([C@H]3CCCN(C)C3)cc(=O)[nH]2)c1C. The smallest absolute Gasteiger partial charge is 0.251 e. The Morgan fingerprint density at radius 3 is 3.00 bits per heavy atom. The van der Waals surface area contributed by atoms with Crippen LogP contribution in [0.5, 0.6) is 0 Å². The average molecular weight is 315 g/mol. The van der Waals surface area contributed by atoms with E-state index >= 15 is 0 Å². The van der Waals surface area contributed by atoms with Crippen molar-refractivity contribution in [3.63, 3.8) is 0 Å². The van der Waals surface area contributed by atoms with Gasteiger partial charge in [0.1, 0.15) is 5.82 Å². The number of rotatable bonds is 4. The van der Waals surface area contributed by atoms with Crippen molar-refractivity contribution in [2.24, 2.45) is 0 Å². The molecule has 6 nitrogen and oxygen atoms in total. The maximum atomic E-state index is 12.1. The van der Waals surface area contributed by atoms with Gasteiger partial charge in [-0.3, -0.25) is 9.48 Å². The highest BCUT2D eigenvalue weighted by molar-refractivity contribution is 5.56. The monoisotopic (exact) mass is 315 g/mol. The molecule has 1 fully saturated rings.